The lowest BCUT2D eigenvalue weighted by Gasteiger charge is -2.20. The summed E-state index contributed by atoms with van der Waals surface area (Å²) in [6, 6.07) is 6.32. The molecule has 19 heavy (non-hydrogen) atoms. The number of benzene rings is 1. The van der Waals surface area contributed by atoms with Crippen LogP contribution in [0.2, 0.25) is 0 Å². The highest BCUT2D eigenvalue weighted by atomic mass is 19.1. The molecule has 0 atom stereocenters. The Labute approximate surface area is 109 Å². The molecule has 0 N–H and O–H groups in total. The van der Waals surface area contributed by atoms with Crippen LogP contribution in [0.4, 0.5) is 8.78 Å². The van der Waals surface area contributed by atoms with Gasteiger partial charge in [0.05, 0.1) is 30.5 Å². The maximum atomic E-state index is 13.5. The first-order chi connectivity index (χ1) is 9.10. The molecule has 0 radical (unpaired) electrons. The highest BCUT2D eigenvalue weighted by molar-refractivity contribution is 5.94. The zero-order valence-electron chi connectivity index (χ0n) is 10.1. The van der Waals surface area contributed by atoms with Gasteiger partial charge in [-0.3, -0.25) is 4.79 Å². The van der Waals surface area contributed by atoms with E-state index < -0.39 is 23.1 Å². The van der Waals surface area contributed by atoms with Crippen LogP contribution in [0.1, 0.15) is 23.2 Å². The van der Waals surface area contributed by atoms with Crippen LogP contribution in [0.5, 0.6) is 0 Å². The molecule has 0 unspecified atom stereocenters. The minimum atomic E-state index is -0.828. The lowest BCUT2D eigenvalue weighted by atomic mass is 10.1. The van der Waals surface area contributed by atoms with Crippen molar-refractivity contribution in [2.75, 3.05) is 13.1 Å². The van der Waals surface area contributed by atoms with Gasteiger partial charge < -0.3 is 4.90 Å². The predicted octanol–water partition coefficient (Wildman–Crippen LogP) is 2.23. The highest BCUT2D eigenvalue weighted by Crippen LogP contribution is 2.13. The fourth-order valence-corrected chi connectivity index (χ4v) is 1.52. The van der Waals surface area contributed by atoms with Crippen LogP contribution >= 0.6 is 0 Å². The van der Waals surface area contributed by atoms with Crippen molar-refractivity contribution in [2.24, 2.45) is 0 Å². The molecular weight excluding hydrogens is 252 g/mol. The van der Waals surface area contributed by atoms with E-state index in [-0.39, 0.29) is 25.9 Å². The summed E-state index contributed by atoms with van der Waals surface area (Å²) in [7, 11) is 0. The van der Waals surface area contributed by atoms with E-state index in [4.69, 9.17) is 10.5 Å². The first kappa shape index (κ1) is 14.6. The number of carbonyl (C=O) groups is 1. The summed E-state index contributed by atoms with van der Waals surface area (Å²) in [6.07, 6.45) is 0.127. The van der Waals surface area contributed by atoms with Crippen molar-refractivity contribution in [1.82, 2.24) is 4.90 Å². The number of nitriles is 2. The van der Waals surface area contributed by atoms with Crippen LogP contribution in [0.15, 0.2) is 18.2 Å². The monoisotopic (exact) mass is 263 g/mol. The number of hydrogen-bond donors (Lipinski definition) is 0. The minimum Gasteiger partial charge on any atom is -0.336 e. The van der Waals surface area contributed by atoms with E-state index in [9.17, 15) is 13.6 Å². The summed E-state index contributed by atoms with van der Waals surface area (Å²) in [5.41, 5.74) is -0.393. The van der Waals surface area contributed by atoms with Crippen LogP contribution in [0, 0.1) is 34.3 Å². The molecule has 1 rings (SSSR count). The summed E-state index contributed by atoms with van der Waals surface area (Å²) < 4.78 is 26.5. The Morgan fingerprint density at radius 3 is 2.26 bits per heavy atom. The van der Waals surface area contributed by atoms with Gasteiger partial charge in [-0.05, 0) is 18.2 Å². The Morgan fingerprint density at radius 1 is 1.16 bits per heavy atom. The topological polar surface area (TPSA) is 67.9 Å². The smallest absolute Gasteiger partial charge is 0.256 e. The molecule has 0 fully saturated rings. The minimum absolute atomic E-state index is 0.0636. The normalized spacial score (nSPS) is 9.47. The van der Waals surface area contributed by atoms with Gasteiger partial charge in [0, 0.05) is 13.1 Å². The molecule has 0 saturated heterocycles. The zero-order chi connectivity index (χ0) is 14.3. The average molecular weight is 263 g/mol. The Morgan fingerprint density at radius 2 is 1.74 bits per heavy atom. The fourth-order valence-electron chi connectivity index (χ4n) is 1.52. The first-order valence-electron chi connectivity index (χ1n) is 5.58. The summed E-state index contributed by atoms with van der Waals surface area (Å²) in [6.45, 7) is 0.153. The SMILES string of the molecule is N#CCCN(CCC#N)C(=O)c1cc(F)ccc1F. The van der Waals surface area contributed by atoms with Crippen LogP contribution in [0.25, 0.3) is 0 Å². The van der Waals surface area contributed by atoms with Gasteiger partial charge in [-0.2, -0.15) is 10.5 Å². The Hall–Kier alpha value is -2.47. The summed E-state index contributed by atoms with van der Waals surface area (Å²) >= 11 is 0. The number of carbonyl (C=O) groups excluding carboxylic acids is 1. The number of halogens is 2. The van der Waals surface area contributed by atoms with E-state index in [1.165, 1.54) is 4.90 Å². The molecule has 0 spiro atoms. The Balaban J connectivity index is 2.94. The van der Waals surface area contributed by atoms with E-state index in [0.29, 0.717) is 0 Å². The van der Waals surface area contributed by atoms with Gasteiger partial charge in [-0.1, -0.05) is 0 Å². The number of hydrogen-bond acceptors (Lipinski definition) is 3. The molecule has 1 amide bonds. The molecule has 98 valence electrons. The van der Waals surface area contributed by atoms with Crippen molar-refractivity contribution in [3.63, 3.8) is 0 Å². The molecule has 4 nitrogen and oxygen atoms in total. The molecule has 6 heteroatoms. The third-order valence-electron chi connectivity index (χ3n) is 2.43. The maximum Gasteiger partial charge on any atom is 0.256 e. The van der Waals surface area contributed by atoms with E-state index in [2.05, 4.69) is 0 Å². The summed E-state index contributed by atoms with van der Waals surface area (Å²) in [5.74, 6) is -2.27. The van der Waals surface area contributed by atoms with Gasteiger partial charge in [0.15, 0.2) is 0 Å². The van der Waals surface area contributed by atoms with E-state index in [1.807, 2.05) is 12.1 Å². The van der Waals surface area contributed by atoms with Gasteiger partial charge >= 0.3 is 0 Å². The second-order valence-corrected chi connectivity index (χ2v) is 3.73. The van der Waals surface area contributed by atoms with E-state index in [0.717, 1.165) is 18.2 Å². The van der Waals surface area contributed by atoms with Crippen LogP contribution < -0.4 is 0 Å². The standard InChI is InChI=1S/C13H11F2N3O/c14-10-3-4-12(15)11(9-10)13(19)18(7-1-5-16)8-2-6-17/h3-4,9H,1-2,7-8H2. The average Bonchev–Trinajstić information content (AvgIpc) is 2.41. The second-order valence-electron chi connectivity index (χ2n) is 3.73. The third-order valence-corrected chi connectivity index (χ3v) is 2.43. The Bertz CT molecular complexity index is 528. The molecule has 0 aliphatic carbocycles. The van der Waals surface area contributed by atoms with Gasteiger partial charge in [-0.25, -0.2) is 8.78 Å². The van der Waals surface area contributed by atoms with Crippen molar-refractivity contribution in [2.45, 2.75) is 12.8 Å². The van der Waals surface area contributed by atoms with Crippen molar-refractivity contribution in [3.8, 4) is 12.1 Å². The highest BCUT2D eigenvalue weighted by Gasteiger charge is 2.19. The van der Waals surface area contributed by atoms with Gasteiger partial charge in [0.1, 0.15) is 11.6 Å². The van der Waals surface area contributed by atoms with Crippen molar-refractivity contribution in [3.05, 3.63) is 35.4 Å². The number of nitrogens with zero attached hydrogens (tertiary/aromatic N) is 3. The molecule has 0 aliphatic heterocycles. The van der Waals surface area contributed by atoms with Crippen molar-refractivity contribution >= 4 is 5.91 Å². The first-order valence-corrected chi connectivity index (χ1v) is 5.58. The summed E-state index contributed by atoms with van der Waals surface area (Å²) in [5, 5.41) is 17.0. The van der Waals surface area contributed by atoms with Crippen LogP contribution in [-0.2, 0) is 0 Å². The maximum absolute atomic E-state index is 13.5. The summed E-state index contributed by atoms with van der Waals surface area (Å²) in [4.78, 5) is 13.2. The quantitative estimate of drug-likeness (QED) is 0.818. The molecular formula is C13H11F2N3O. The number of amides is 1. The van der Waals surface area contributed by atoms with Gasteiger partial charge in [0.25, 0.3) is 5.91 Å². The molecule has 0 bridgehead atoms. The number of rotatable bonds is 5. The van der Waals surface area contributed by atoms with E-state index >= 15 is 0 Å². The van der Waals surface area contributed by atoms with Crippen LogP contribution in [0.3, 0.4) is 0 Å². The predicted molar refractivity (Wildman–Crippen MR) is 62.7 cm³/mol. The fraction of sp³-hybridized carbons (Fsp3) is 0.308. The molecule has 0 heterocycles. The van der Waals surface area contributed by atoms with E-state index in [1.54, 1.807) is 0 Å². The lowest BCUT2D eigenvalue weighted by Crippen LogP contribution is -2.33. The van der Waals surface area contributed by atoms with Crippen molar-refractivity contribution < 1.29 is 13.6 Å². The molecule has 1 aromatic carbocycles. The molecule has 0 saturated carbocycles. The van der Waals surface area contributed by atoms with Crippen LogP contribution in [-0.4, -0.2) is 23.9 Å². The van der Waals surface area contributed by atoms with Gasteiger partial charge in [-0.15, -0.1) is 0 Å². The molecule has 1 aromatic rings. The largest absolute Gasteiger partial charge is 0.336 e. The zero-order valence-corrected chi connectivity index (χ0v) is 10.1. The van der Waals surface area contributed by atoms with Crippen molar-refractivity contribution in [1.29, 1.82) is 10.5 Å². The lowest BCUT2D eigenvalue weighted by molar-refractivity contribution is 0.0757. The molecule has 0 aromatic heterocycles. The second kappa shape index (κ2) is 7.07. The molecule has 0 aliphatic rings. The third kappa shape index (κ3) is 4.04. The Kier molecular flexibility index (Phi) is 5.43. The van der Waals surface area contributed by atoms with Gasteiger partial charge in [0.2, 0.25) is 0 Å².